The number of pyridine rings is 1. The summed E-state index contributed by atoms with van der Waals surface area (Å²) < 4.78 is 0. The van der Waals surface area contributed by atoms with Gasteiger partial charge in [0.05, 0.1) is 18.2 Å². The van der Waals surface area contributed by atoms with Gasteiger partial charge < -0.3 is 0 Å². The van der Waals surface area contributed by atoms with Gasteiger partial charge in [0.15, 0.2) is 0 Å². The van der Waals surface area contributed by atoms with E-state index in [9.17, 15) is 4.79 Å². The van der Waals surface area contributed by atoms with Gasteiger partial charge in [-0.15, -0.1) is 0 Å². The van der Waals surface area contributed by atoms with Crippen LogP contribution >= 0.6 is 0 Å². The fourth-order valence-corrected chi connectivity index (χ4v) is 2.16. The van der Waals surface area contributed by atoms with Crippen LogP contribution in [0.3, 0.4) is 0 Å². The summed E-state index contributed by atoms with van der Waals surface area (Å²) in [6.45, 7) is 0. The highest BCUT2D eigenvalue weighted by atomic mass is 16.2. The summed E-state index contributed by atoms with van der Waals surface area (Å²) in [5.74, 6) is -0.138. The topological polar surface area (TPSA) is 54.4 Å². The van der Waals surface area contributed by atoms with Crippen molar-refractivity contribution in [2.45, 2.75) is 6.42 Å². The SMILES string of the molecule is O=C(Cc1ccccc1)N/N=C\c1ccc2cccnc2c1. The Balaban J connectivity index is 1.62. The van der Waals surface area contributed by atoms with E-state index in [0.29, 0.717) is 6.42 Å². The first-order valence-electron chi connectivity index (χ1n) is 7.02. The summed E-state index contributed by atoms with van der Waals surface area (Å²) in [4.78, 5) is 16.1. The van der Waals surface area contributed by atoms with Gasteiger partial charge in [0.25, 0.3) is 0 Å². The normalized spacial score (nSPS) is 10.9. The lowest BCUT2D eigenvalue weighted by molar-refractivity contribution is -0.120. The fraction of sp³-hybridized carbons (Fsp3) is 0.0556. The van der Waals surface area contributed by atoms with Crippen LogP contribution in [0.2, 0.25) is 0 Å². The molecule has 0 spiro atoms. The first kappa shape index (κ1) is 13.9. The molecule has 108 valence electrons. The molecule has 1 amide bonds. The molecule has 1 N–H and O–H groups in total. The number of benzene rings is 2. The zero-order valence-electron chi connectivity index (χ0n) is 11.9. The zero-order valence-corrected chi connectivity index (χ0v) is 11.9. The quantitative estimate of drug-likeness (QED) is 0.593. The second-order valence-corrected chi connectivity index (χ2v) is 4.91. The van der Waals surface area contributed by atoms with E-state index in [4.69, 9.17) is 0 Å². The standard InChI is InChI=1S/C18H15N3O/c22-18(12-14-5-2-1-3-6-14)21-20-13-15-8-9-16-7-4-10-19-17(16)11-15/h1-11,13H,12H2,(H,21,22)/b20-13-. The molecular weight excluding hydrogens is 274 g/mol. The van der Waals surface area contributed by atoms with Gasteiger partial charge in [-0.05, 0) is 23.3 Å². The summed E-state index contributed by atoms with van der Waals surface area (Å²) in [7, 11) is 0. The molecule has 3 rings (SSSR count). The largest absolute Gasteiger partial charge is 0.273 e. The predicted molar refractivity (Wildman–Crippen MR) is 87.6 cm³/mol. The number of carbonyl (C=O) groups is 1. The molecule has 0 aliphatic carbocycles. The highest BCUT2D eigenvalue weighted by Gasteiger charge is 2.01. The Kier molecular flexibility index (Phi) is 4.20. The monoisotopic (exact) mass is 289 g/mol. The zero-order chi connectivity index (χ0) is 15.2. The second-order valence-electron chi connectivity index (χ2n) is 4.91. The highest BCUT2D eigenvalue weighted by Crippen LogP contribution is 2.11. The summed E-state index contributed by atoms with van der Waals surface area (Å²) in [5.41, 5.74) is 5.30. The van der Waals surface area contributed by atoms with E-state index >= 15 is 0 Å². The van der Waals surface area contributed by atoms with Gasteiger partial charge in [0.1, 0.15) is 0 Å². The minimum atomic E-state index is -0.138. The van der Waals surface area contributed by atoms with Crippen LogP contribution in [0.4, 0.5) is 0 Å². The molecule has 0 unspecified atom stereocenters. The van der Waals surface area contributed by atoms with Crippen LogP contribution in [0.15, 0.2) is 72.0 Å². The van der Waals surface area contributed by atoms with E-state index in [0.717, 1.165) is 22.0 Å². The minimum Gasteiger partial charge on any atom is -0.273 e. The number of hydrazone groups is 1. The van der Waals surface area contributed by atoms with Crippen molar-refractivity contribution in [3.8, 4) is 0 Å². The van der Waals surface area contributed by atoms with Crippen molar-refractivity contribution in [3.63, 3.8) is 0 Å². The molecule has 0 aliphatic heterocycles. The molecule has 0 saturated carbocycles. The van der Waals surface area contributed by atoms with E-state index in [1.165, 1.54) is 0 Å². The minimum absolute atomic E-state index is 0.138. The Hall–Kier alpha value is -3.01. The van der Waals surface area contributed by atoms with Crippen molar-refractivity contribution in [1.29, 1.82) is 0 Å². The smallest absolute Gasteiger partial charge is 0.244 e. The van der Waals surface area contributed by atoms with Crippen LogP contribution < -0.4 is 5.43 Å². The third kappa shape index (κ3) is 3.55. The van der Waals surface area contributed by atoms with Crippen molar-refractivity contribution >= 4 is 23.0 Å². The number of amides is 1. The number of rotatable bonds is 4. The molecule has 0 radical (unpaired) electrons. The summed E-state index contributed by atoms with van der Waals surface area (Å²) >= 11 is 0. The summed E-state index contributed by atoms with van der Waals surface area (Å²) in [6.07, 6.45) is 3.69. The molecule has 4 nitrogen and oxygen atoms in total. The first-order valence-corrected chi connectivity index (χ1v) is 7.02. The van der Waals surface area contributed by atoms with Crippen molar-refractivity contribution in [1.82, 2.24) is 10.4 Å². The molecule has 0 saturated heterocycles. The lowest BCUT2D eigenvalue weighted by atomic mass is 10.1. The van der Waals surface area contributed by atoms with Crippen molar-refractivity contribution in [2.24, 2.45) is 5.10 Å². The van der Waals surface area contributed by atoms with E-state index in [1.807, 2.05) is 60.7 Å². The lowest BCUT2D eigenvalue weighted by Gasteiger charge is -2.00. The first-order chi connectivity index (χ1) is 10.8. The molecule has 4 heteroatoms. The van der Waals surface area contributed by atoms with E-state index in [1.54, 1.807) is 12.4 Å². The Bertz CT molecular complexity index is 813. The van der Waals surface area contributed by atoms with Crippen molar-refractivity contribution in [2.75, 3.05) is 0 Å². The number of hydrogen-bond acceptors (Lipinski definition) is 3. The van der Waals surface area contributed by atoms with E-state index in [-0.39, 0.29) is 5.91 Å². The maximum absolute atomic E-state index is 11.8. The second kappa shape index (κ2) is 6.63. The van der Waals surface area contributed by atoms with Gasteiger partial charge in [-0.25, -0.2) is 5.43 Å². The predicted octanol–water partition coefficient (Wildman–Crippen LogP) is 2.93. The molecule has 0 fully saturated rings. The third-order valence-corrected chi connectivity index (χ3v) is 3.24. The van der Waals surface area contributed by atoms with E-state index in [2.05, 4.69) is 15.5 Å². The van der Waals surface area contributed by atoms with Crippen LogP contribution in [0.25, 0.3) is 10.9 Å². The molecule has 0 atom stereocenters. The van der Waals surface area contributed by atoms with Crippen LogP contribution in [0, 0.1) is 0 Å². The number of nitrogens with one attached hydrogen (secondary N) is 1. The molecule has 1 heterocycles. The van der Waals surface area contributed by atoms with Gasteiger partial charge in [-0.1, -0.05) is 48.5 Å². The number of nitrogens with zero attached hydrogens (tertiary/aromatic N) is 2. The number of hydrogen-bond donors (Lipinski definition) is 1. The maximum Gasteiger partial charge on any atom is 0.244 e. The molecule has 22 heavy (non-hydrogen) atoms. The number of fused-ring (bicyclic) bond motifs is 1. The van der Waals surface area contributed by atoms with Gasteiger partial charge in [-0.3, -0.25) is 9.78 Å². The van der Waals surface area contributed by atoms with Crippen LogP contribution in [-0.2, 0) is 11.2 Å². The maximum atomic E-state index is 11.8. The molecule has 3 aromatic rings. The average molecular weight is 289 g/mol. The van der Waals surface area contributed by atoms with Crippen LogP contribution in [-0.4, -0.2) is 17.1 Å². The Morgan fingerprint density at radius 2 is 1.95 bits per heavy atom. The summed E-state index contributed by atoms with van der Waals surface area (Å²) in [6, 6.07) is 19.3. The molecule has 1 aromatic heterocycles. The lowest BCUT2D eigenvalue weighted by Crippen LogP contribution is -2.19. The van der Waals surface area contributed by atoms with Crippen molar-refractivity contribution in [3.05, 3.63) is 78.0 Å². The van der Waals surface area contributed by atoms with Gasteiger partial charge in [0, 0.05) is 11.6 Å². The van der Waals surface area contributed by atoms with Gasteiger partial charge in [0.2, 0.25) is 5.91 Å². The Morgan fingerprint density at radius 1 is 1.09 bits per heavy atom. The molecular formula is C18H15N3O. The van der Waals surface area contributed by atoms with Gasteiger partial charge in [-0.2, -0.15) is 5.10 Å². The Labute approximate surface area is 128 Å². The van der Waals surface area contributed by atoms with Crippen LogP contribution in [0.1, 0.15) is 11.1 Å². The number of aromatic nitrogens is 1. The highest BCUT2D eigenvalue weighted by molar-refractivity contribution is 5.89. The third-order valence-electron chi connectivity index (χ3n) is 3.24. The van der Waals surface area contributed by atoms with Crippen molar-refractivity contribution < 1.29 is 4.79 Å². The fourth-order valence-electron chi connectivity index (χ4n) is 2.16. The molecule has 2 aromatic carbocycles. The van der Waals surface area contributed by atoms with E-state index < -0.39 is 0 Å². The Morgan fingerprint density at radius 3 is 2.82 bits per heavy atom. The van der Waals surface area contributed by atoms with Crippen LogP contribution in [0.5, 0.6) is 0 Å². The molecule has 0 aliphatic rings. The number of carbonyl (C=O) groups excluding carboxylic acids is 1. The summed E-state index contributed by atoms with van der Waals surface area (Å²) in [5, 5.41) is 5.07. The average Bonchev–Trinajstić information content (AvgIpc) is 2.55. The van der Waals surface area contributed by atoms with Gasteiger partial charge >= 0.3 is 0 Å². The molecule has 0 bridgehead atoms.